The third-order valence-electron chi connectivity index (χ3n) is 9.18. The first-order chi connectivity index (χ1) is 23.1. The van der Waals surface area contributed by atoms with E-state index in [-0.39, 0.29) is 31.5 Å². The second-order valence-corrected chi connectivity index (χ2v) is 12.8. The second kappa shape index (κ2) is 13.2. The highest BCUT2D eigenvalue weighted by Crippen LogP contribution is 2.51. The number of carbonyl (C=O) groups excluding carboxylic acids is 2. The number of hydrogen-bond acceptors (Lipinski definition) is 5. The summed E-state index contributed by atoms with van der Waals surface area (Å²) in [5.41, 5.74) is -0.912. The summed E-state index contributed by atoms with van der Waals surface area (Å²) in [6.45, 7) is 1.98. The summed E-state index contributed by atoms with van der Waals surface area (Å²) in [4.78, 5) is 28.2. The maximum Gasteiger partial charge on any atom is 0.416 e. The van der Waals surface area contributed by atoms with Crippen LogP contribution in [0.2, 0.25) is 5.02 Å². The number of allylic oxidation sites excluding steroid dienone is 1. The molecule has 0 bridgehead atoms. The van der Waals surface area contributed by atoms with E-state index in [0.717, 1.165) is 11.1 Å². The van der Waals surface area contributed by atoms with Crippen LogP contribution in [0.15, 0.2) is 83.4 Å². The summed E-state index contributed by atoms with van der Waals surface area (Å²) < 4.78 is 94.3. The van der Waals surface area contributed by atoms with Crippen molar-refractivity contribution in [2.75, 3.05) is 18.1 Å². The zero-order chi connectivity index (χ0) is 35.2. The summed E-state index contributed by atoms with van der Waals surface area (Å²) >= 11 is 6.27. The molecule has 2 heterocycles. The van der Waals surface area contributed by atoms with Crippen LogP contribution in [0.5, 0.6) is 11.5 Å². The number of alkyl halides is 6. The molecule has 0 aromatic heterocycles. The molecule has 3 aromatic carbocycles. The molecule has 13 heteroatoms. The van der Waals surface area contributed by atoms with Crippen LogP contribution in [-0.4, -0.2) is 36.2 Å². The first-order valence-corrected chi connectivity index (χ1v) is 15.8. The number of ether oxygens (including phenoxy) is 2. The van der Waals surface area contributed by atoms with Crippen LogP contribution in [0.1, 0.15) is 42.9 Å². The van der Waals surface area contributed by atoms with Crippen LogP contribution in [0, 0.1) is 17.8 Å². The molecular formula is C36H30ClF6NO5. The summed E-state index contributed by atoms with van der Waals surface area (Å²) in [6.07, 6.45) is -7.88. The molecule has 0 radical (unpaired) electrons. The fraction of sp³-hybridized carbons (Fsp3) is 0.333. The van der Waals surface area contributed by atoms with Crippen molar-refractivity contribution in [3.63, 3.8) is 0 Å². The number of phenols is 1. The van der Waals surface area contributed by atoms with E-state index in [0.29, 0.717) is 51.8 Å². The van der Waals surface area contributed by atoms with Gasteiger partial charge in [0.15, 0.2) is 0 Å². The molecule has 49 heavy (non-hydrogen) atoms. The number of imide groups is 1. The van der Waals surface area contributed by atoms with Crippen molar-refractivity contribution in [3.05, 3.63) is 105 Å². The normalized spacial score (nSPS) is 22.9. The largest absolute Gasteiger partial charge is 0.508 e. The van der Waals surface area contributed by atoms with E-state index in [1.807, 2.05) is 19.1 Å². The molecule has 0 saturated carbocycles. The predicted molar refractivity (Wildman–Crippen MR) is 169 cm³/mol. The second-order valence-electron chi connectivity index (χ2n) is 12.4. The van der Waals surface area contributed by atoms with Gasteiger partial charge in [0.2, 0.25) is 11.8 Å². The maximum atomic E-state index is 13.9. The van der Waals surface area contributed by atoms with Crippen molar-refractivity contribution in [1.29, 1.82) is 0 Å². The number of rotatable bonds is 8. The third-order valence-corrected chi connectivity index (χ3v) is 9.51. The van der Waals surface area contributed by atoms with E-state index in [2.05, 4.69) is 0 Å². The average molecular weight is 706 g/mol. The summed E-state index contributed by atoms with van der Waals surface area (Å²) in [7, 11) is 0. The van der Waals surface area contributed by atoms with Gasteiger partial charge in [-0.05, 0) is 91.4 Å². The number of fused-ring (bicyclic) bond motifs is 3. The molecule has 1 aliphatic carbocycles. The van der Waals surface area contributed by atoms with Crippen LogP contribution in [0.3, 0.4) is 0 Å². The lowest BCUT2D eigenvalue weighted by molar-refractivity contribution is -0.143. The maximum absolute atomic E-state index is 13.9. The Labute approximate surface area is 282 Å². The molecular weight excluding hydrogens is 676 g/mol. The van der Waals surface area contributed by atoms with Gasteiger partial charge in [-0.15, -0.1) is 0 Å². The Morgan fingerprint density at radius 1 is 0.959 bits per heavy atom. The fourth-order valence-corrected chi connectivity index (χ4v) is 7.17. The predicted octanol–water partition coefficient (Wildman–Crippen LogP) is 8.87. The molecule has 0 unspecified atom stereocenters. The van der Waals surface area contributed by atoms with Crippen molar-refractivity contribution in [1.82, 2.24) is 0 Å². The minimum Gasteiger partial charge on any atom is -0.508 e. The monoisotopic (exact) mass is 705 g/mol. The molecule has 1 N–H and O–H groups in total. The van der Waals surface area contributed by atoms with E-state index in [1.165, 1.54) is 12.1 Å². The van der Waals surface area contributed by atoms with Gasteiger partial charge >= 0.3 is 12.4 Å². The summed E-state index contributed by atoms with van der Waals surface area (Å²) in [5, 5.41) is 10.0. The Morgan fingerprint density at radius 2 is 1.63 bits per heavy atom. The third kappa shape index (κ3) is 7.07. The Bertz CT molecular complexity index is 1810. The van der Waals surface area contributed by atoms with Crippen molar-refractivity contribution in [2.24, 2.45) is 17.8 Å². The van der Waals surface area contributed by atoms with E-state index >= 15 is 0 Å². The van der Waals surface area contributed by atoms with Crippen LogP contribution < -0.4 is 9.64 Å². The molecule has 258 valence electrons. The zero-order valence-corrected chi connectivity index (χ0v) is 26.7. The van der Waals surface area contributed by atoms with E-state index in [1.54, 1.807) is 30.3 Å². The fourth-order valence-electron chi connectivity index (χ4n) is 6.94. The van der Waals surface area contributed by atoms with Gasteiger partial charge in [0, 0.05) is 5.92 Å². The number of nitrogens with zero attached hydrogens (tertiary/aromatic N) is 1. The van der Waals surface area contributed by atoms with Gasteiger partial charge in [0.25, 0.3) is 0 Å². The number of para-hydroxylation sites is 1. The zero-order valence-electron chi connectivity index (χ0n) is 25.9. The molecule has 4 atom stereocenters. The number of hydrogen-bond donors (Lipinski definition) is 1. The molecule has 2 amide bonds. The molecule has 0 spiro atoms. The number of benzene rings is 3. The van der Waals surface area contributed by atoms with Gasteiger partial charge in [0.05, 0.1) is 46.4 Å². The van der Waals surface area contributed by atoms with Crippen molar-refractivity contribution < 1.29 is 50.5 Å². The lowest BCUT2D eigenvalue weighted by Crippen LogP contribution is -2.35. The summed E-state index contributed by atoms with van der Waals surface area (Å²) in [5.74, 6) is -3.85. The molecule has 2 fully saturated rings. The van der Waals surface area contributed by atoms with Gasteiger partial charge in [-0.2, -0.15) is 26.3 Å². The Kier molecular flexibility index (Phi) is 9.31. The first-order valence-electron chi connectivity index (χ1n) is 15.5. The van der Waals surface area contributed by atoms with Crippen LogP contribution in [0.25, 0.3) is 6.08 Å². The SMILES string of the molecule is C/C(=C\c1ccc(O)cc1Cl)CC[C@H]1OC[C@H]2C1=C(COc1ccccc1)C[C@H]1C(=O)N(c3cc(C(F)(F)F)cc(C(F)(F)F)c3)C(=O)[C@H]12. The Hall–Kier alpha value is -4.29. The van der Waals surface area contributed by atoms with Crippen molar-refractivity contribution in [3.8, 4) is 11.5 Å². The van der Waals surface area contributed by atoms with Crippen LogP contribution in [0.4, 0.5) is 32.0 Å². The van der Waals surface area contributed by atoms with Gasteiger partial charge in [-0.3, -0.25) is 9.59 Å². The number of amides is 2. The molecule has 2 aliphatic heterocycles. The van der Waals surface area contributed by atoms with Crippen LogP contribution >= 0.6 is 11.6 Å². The minimum atomic E-state index is -5.15. The van der Waals surface area contributed by atoms with Gasteiger partial charge in [-0.25, -0.2) is 4.90 Å². The number of carbonyl (C=O) groups is 2. The highest BCUT2D eigenvalue weighted by molar-refractivity contribution is 6.32. The quantitative estimate of drug-likeness (QED) is 0.144. The lowest BCUT2D eigenvalue weighted by atomic mass is 9.69. The van der Waals surface area contributed by atoms with Crippen LogP contribution in [-0.2, 0) is 26.7 Å². The molecule has 2 saturated heterocycles. The standard InChI is InChI=1S/C36H30ClF6NO5/c1-19(11-20-8-9-25(45)16-29(20)37)7-10-30-31-21(17-48-26-5-3-2-4-6-26)12-27-32(28(31)18-49-30)34(47)44(33(27)46)24-14-22(35(38,39)40)13-23(15-24)36(41,42)43/h2-6,8-9,11,13-16,27-28,30,32,45H,7,10,12,17-18H2,1H3/b19-11+/t27-,28+,30-,32-/m1/s1. The average Bonchev–Trinajstić information content (AvgIpc) is 3.57. The van der Waals surface area contributed by atoms with Gasteiger partial charge < -0.3 is 14.6 Å². The molecule has 6 nitrogen and oxygen atoms in total. The number of halogens is 7. The number of anilines is 1. The summed E-state index contributed by atoms with van der Waals surface area (Å²) in [6, 6.07) is 14.3. The van der Waals surface area contributed by atoms with Gasteiger partial charge in [0.1, 0.15) is 18.1 Å². The molecule has 3 aromatic rings. The lowest BCUT2D eigenvalue weighted by Gasteiger charge is -2.31. The molecule has 3 aliphatic rings. The molecule has 6 rings (SSSR count). The van der Waals surface area contributed by atoms with Crippen molar-refractivity contribution in [2.45, 2.75) is 44.6 Å². The smallest absolute Gasteiger partial charge is 0.416 e. The number of phenolic OH excluding ortho intramolecular Hbond substituents is 1. The highest BCUT2D eigenvalue weighted by atomic mass is 35.5. The number of aromatic hydroxyl groups is 1. The van der Waals surface area contributed by atoms with E-state index in [4.69, 9.17) is 21.1 Å². The Balaban J connectivity index is 1.32. The Morgan fingerprint density at radius 3 is 2.27 bits per heavy atom. The van der Waals surface area contributed by atoms with E-state index in [9.17, 15) is 41.0 Å². The highest BCUT2D eigenvalue weighted by Gasteiger charge is 2.57. The topological polar surface area (TPSA) is 76.1 Å². The minimum absolute atomic E-state index is 0.0211. The first kappa shape index (κ1) is 34.6. The van der Waals surface area contributed by atoms with Gasteiger partial charge in [-0.1, -0.05) is 41.4 Å². The van der Waals surface area contributed by atoms with Crippen molar-refractivity contribution >= 4 is 35.2 Å². The van der Waals surface area contributed by atoms with E-state index < -0.39 is 64.8 Å².